The largest absolute Gasteiger partial charge is 0.417 e. The number of carbonyl (C=O) groups excluding carboxylic acids is 1. The second kappa shape index (κ2) is 12.4. The first-order chi connectivity index (χ1) is 16.1. The summed E-state index contributed by atoms with van der Waals surface area (Å²) in [5, 5.41) is 9.25. The van der Waals surface area contributed by atoms with Crippen LogP contribution in [0.5, 0.6) is 0 Å². The van der Waals surface area contributed by atoms with E-state index in [9.17, 15) is 18.0 Å². The van der Waals surface area contributed by atoms with Gasteiger partial charge in [0.15, 0.2) is 5.11 Å². The van der Waals surface area contributed by atoms with Crippen LogP contribution < -0.4 is 4.90 Å². The van der Waals surface area contributed by atoms with E-state index in [0.29, 0.717) is 6.54 Å². The van der Waals surface area contributed by atoms with Crippen molar-refractivity contribution in [3.8, 4) is 6.07 Å². The fourth-order valence-corrected chi connectivity index (χ4v) is 5.27. The minimum atomic E-state index is -4.70. The molecule has 2 aliphatic rings. The SMILES string of the molecule is CC1(C)C(=O)N(c2ccc(C#N)c(C(F)(F)F)c2)C(=S)N1CCCCCCCCN1CCCC1.Cl. The Morgan fingerprint density at radius 2 is 1.60 bits per heavy atom. The van der Waals surface area contributed by atoms with E-state index in [1.807, 2.05) is 4.90 Å². The molecule has 35 heavy (non-hydrogen) atoms. The van der Waals surface area contributed by atoms with Crippen molar-refractivity contribution in [3.05, 3.63) is 29.3 Å². The van der Waals surface area contributed by atoms with E-state index in [0.717, 1.165) is 31.4 Å². The molecule has 1 aromatic carbocycles. The van der Waals surface area contributed by atoms with Crippen LogP contribution in [0.25, 0.3) is 0 Å². The molecule has 194 valence electrons. The fraction of sp³-hybridized carbons (Fsp3) is 0.640. The van der Waals surface area contributed by atoms with Crippen molar-refractivity contribution >= 4 is 41.3 Å². The molecule has 0 bridgehead atoms. The molecule has 0 spiro atoms. The Labute approximate surface area is 217 Å². The van der Waals surface area contributed by atoms with Gasteiger partial charge in [0.2, 0.25) is 0 Å². The smallest absolute Gasteiger partial charge is 0.334 e. The topological polar surface area (TPSA) is 50.6 Å². The molecule has 1 aromatic rings. The number of hydrogen-bond acceptors (Lipinski definition) is 4. The van der Waals surface area contributed by atoms with Crippen LogP contribution in [0.4, 0.5) is 18.9 Å². The number of benzene rings is 1. The van der Waals surface area contributed by atoms with Crippen LogP contribution in [0, 0.1) is 11.3 Å². The van der Waals surface area contributed by atoms with Crippen LogP contribution >= 0.6 is 24.6 Å². The molecule has 0 aromatic heterocycles. The second-order valence-corrected chi connectivity index (χ2v) is 10.0. The number of unbranched alkanes of at least 4 members (excludes halogenated alkanes) is 5. The van der Waals surface area contributed by atoms with E-state index < -0.39 is 22.8 Å². The number of halogens is 4. The maximum absolute atomic E-state index is 13.4. The maximum Gasteiger partial charge on any atom is 0.417 e. The van der Waals surface area contributed by atoms with Gasteiger partial charge in [-0.3, -0.25) is 9.69 Å². The average molecular weight is 531 g/mol. The Morgan fingerprint density at radius 1 is 1.03 bits per heavy atom. The monoisotopic (exact) mass is 530 g/mol. The first kappa shape index (κ1) is 29.3. The van der Waals surface area contributed by atoms with Crippen LogP contribution in [0.15, 0.2) is 18.2 Å². The van der Waals surface area contributed by atoms with Gasteiger partial charge < -0.3 is 9.80 Å². The molecule has 3 rings (SSSR count). The van der Waals surface area contributed by atoms with Gasteiger partial charge in [-0.1, -0.05) is 25.7 Å². The van der Waals surface area contributed by atoms with Gasteiger partial charge in [-0.2, -0.15) is 18.4 Å². The highest BCUT2D eigenvalue weighted by molar-refractivity contribution is 7.80. The third kappa shape index (κ3) is 6.87. The van der Waals surface area contributed by atoms with E-state index in [2.05, 4.69) is 4.90 Å². The zero-order valence-corrected chi connectivity index (χ0v) is 22.0. The maximum atomic E-state index is 13.4. The molecule has 10 heteroatoms. The van der Waals surface area contributed by atoms with Gasteiger partial charge in [-0.05, 0) is 89.6 Å². The third-order valence-electron chi connectivity index (χ3n) is 6.82. The van der Waals surface area contributed by atoms with Crippen LogP contribution in [0.2, 0.25) is 0 Å². The summed E-state index contributed by atoms with van der Waals surface area (Å²) in [6.07, 6.45) is 4.57. The molecular formula is C25H34ClF3N4OS. The fourth-order valence-electron chi connectivity index (χ4n) is 4.76. The summed E-state index contributed by atoms with van der Waals surface area (Å²) in [6.45, 7) is 7.73. The highest BCUT2D eigenvalue weighted by Crippen LogP contribution is 2.38. The van der Waals surface area contributed by atoms with Gasteiger partial charge in [-0.25, -0.2) is 0 Å². The minimum Gasteiger partial charge on any atom is -0.334 e. The van der Waals surface area contributed by atoms with E-state index in [1.165, 1.54) is 62.7 Å². The van der Waals surface area contributed by atoms with Crippen molar-refractivity contribution < 1.29 is 18.0 Å². The van der Waals surface area contributed by atoms with E-state index in [1.54, 1.807) is 19.9 Å². The lowest BCUT2D eigenvalue weighted by Crippen LogP contribution is -2.44. The quantitative estimate of drug-likeness (QED) is 0.268. The number of carbonyl (C=O) groups is 1. The number of alkyl halides is 3. The number of rotatable bonds is 10. The van der Waals surface area contributed by atoms with Crippen molar-refractivity contribution in [2.75, 3.05) is 31.1 Å². The first-order valence-corrected chi connectivity index (χ1v) is 12.5. The predicted molar refractivity (Wildman–Crippen MR) is 138 cm³/mol. The predicted octanol–water partition coefficient (Wildman–Crippen LogP) is 6.15. The zero-order chi connectivity index (χ0) is 24.9. The second-order valence-electron chi connectivity index (χ2n) is 9.64. The molecule has 0 saturated carbocycles. The van der Waals surface area contributed by atoms with Crippen LogP contribution in [-0.4, -0.2) is 52.5 Å². The average Bonchev–Trinajstić information content (AvgIpc) is 3.35. The van der Waals surface area contributed by atoms with Gasteiger partial charge in [0.1, 0.15) is 5.54 Å². The summed E-state index contributed by atoms with van der Waals surface area (Å²) in [7, 11) is 0. The van der Waals surface area contributed by atoms with Gasteiger partial charge in [0.05, 0.1) is 22.9 Å². The number of nitriles is 1. The summed E-state index contributed by atoms with van der Waals surface area (Å²) in [4.78, 5) is 18.6. The molecular weight excluding hydrogens is 497 g/mol. The van der Waals surface area contributed by atoms with Crippen molar-refractivity contribution in [2.45, 2.75) is 76.9 Å². The van der Waals surface area contributed by atoms with E-state index in [4.69, 9.17) is 17.5 Å². The van der Waals surface area contributed by atoms with Crippen LogP contribution in [-0.2, 0) is 11.0 Å². The van der Waals surface area contributed by atoms with E-state index in [-0.39, 0.29) is 29.1 Å². The number of hydrogen-bond donors (Lipinski definition) is 0. The lowest BCUT2D eigenvalue weighted by atomic mass is 10.0. The standard InChI is InChI=1S/C25H33F3N4OS.ClH/c1-24(2)22(33)32(20-12-11-19(18-29)21(17-20)25(26,27)28)23(34)31(24)16-8-6-4-3-5-7-13-30-14-9-10-15-30;/h11-12,17H,3-10,13-16H2,1-2H3;1H. The Balaban J connectivity index is 0.00000432. The van der Waals surface area contributed by atoms with Crippen molar-refractivity contribution in [1.82, 2.24) is 9.80 Å². The molecule has 0 atom stereocenters. The highest BCUT2D eigenvalue weighted by Gasteiger charge is 2.49. The summed E-state index contributed by atoms with van der Waals surface area (Å²) < 4.78 is 40.3. The highest BCUT2D eigenvalue weighted by atomic mass is 35.5. The van der Waals surface area contributed by atoms with Gasteiger partial charge >= 0.3 is 6.18 Å². The molecule has 2 heterocycles. The van der Waals surface area contributed by atoms with E-state index >= 15 is 0 Å². The zero-order valence-electron chi connectivity index (χ0n) is 20.4. The molecule has 5 nitrogen and oxygen atoms in total. The molecule has 0 N–H and O–H groups in total. The molecule has 1 amide bonds. The Hall–Kier alpha value is -1.89. The number of amides is 1. The third-order valence-corrected chi connectivity index (χ3v) is 7.22. The van der Waals surface area contributed by atoms with Crippen molar-refractivity contribution in [2.24, 2.45) is 0 Å². The summed E-state index contributed by atoms with van der Waals surface area (Å²) in [5.41, 5.74) is -2.46. The lowest BCUT2D eigenvalue weighted by Gasteiger charge is -2.29. The molecule has 2 fully saturated rings. The summed E-state index contributed by atoms with van der Waals surface area (Å²) in [5.74, 6) is -0.364. The van der Waals surface area contributed by atoms with Crippen molar-refractivity contribution in [3.63, 3.8) is 0 Å². The van der Waals surface area contributed by atoms with Crippen LogP contribution in [0.1, 0.15) is 76.3 Å². The lowest BCUT2D eigenvalue weighted by molar-refractivity contribution is -0.137. The molecule has 0 radical (unpaired) electrons. The number of nitrogens with zero attached hydrogens (tertiary/aromatic N) is 4. The first-order valence-electron chi connectivity index (χ1n) is 12.1. The molecule has 0 aliphatic carbocycles. The Morgan fingerprint density at radius 3 is 2.17 bits per heavy atom. The Kier molecular flexibility index (Phi) is 10.4. The summed E-state index contributed by atoms with van der Waals surface area (Å²) >= 11 is 5.54. The number of thiocarbonyl (C=S) groups is 1. The summed E-state index contributed by atoms with van der Waals surface area (Å²) in [6, 6.07) is 4.84. The Bertz CT molecular complexity index is 942. The number of likely N-dealkylation sites (tertiary alicyclic amines) is 1. The molecule has 2 saturated heterocycles. The van der Waals surface area contributed by atoms with Gasteiger partial charge in [0, 0.05) is 6.54 Å². The molecule has 2 aliphatic heterocycles. The number of anilines is 1. The molecule has 0 unspecified atom stereocenters. The van der Waals surface area contributed by atoms with Crippen molar-refractivity contribution in [1.29, 1.82) is 5.26 Å². The van der Waals surface area contributed by atoms with Gasteiger partial charge in [-0.15, -0.1) is 12.4 Å². The normalized spacial score (nSPS) is 18.2. The minimum absolute atomic E-state index is 0. The van der Waals surface area contributed by atoms with Gasteiger partial charge in [0.25, 0.3) is 5.91 Å². The van der Waals surface area contributed by atoms with Crippen LogP contribution in [0.3, 0.4) is 0 Å².